The zero-order valence-corrected chi connectivity index (χ0v) is 12.9. The quantitative estimate of drug-likeness (QED) is 0.729. The normalized spacial score (nSPS) is 29.3. The Morgan fingerprint density at radius 2 is 1.86 bits per heavy atom. The van der Waals surface area contributed by atoms with Gasteiger partial charge in [-0.25, -0.2) is 0 Å². The molecule has 3 heteroatoms. The van der Waals surface area contributed by atoms with E-state index in [-0.39, 0.29) is 0 Å². The summed E-state index contributed by atoms with van der Waals surface area (Å²) < 4.78 is 0.524. The van der Waals surface area contributed by atoms with Crippen LogP contribution in [0.2, 0.25) is 14.9 Å². The van der Waals surface area contributed by atoms with Crippen molar-refractivity contribution in [3.05, 3.63) is 0 Å². The van der Waals surface area contributed by atoms with E-state index < -0.39 is 0 Å². The molecule has 0 spiro atoms. The summed E-state index contributed by atoms with van der Waals surface area (Å²) in [5.74, 6) is 6.22. The second kappa shape index (κ2) is 5.16. The zero-order chi connectivity index (χ0) is 10.8. The number of hydrogen-bond acceptors (Lipinski definition) is 1. The molecule has 0 bridgehead atoms. The third kappa shape index (κ3) is 2.64. The van der Waals surface area contributed by atoms with Gasteiger partial charge < -0.3 is 0 Å². The Kier molecular flexibility index (Phi) is 4.71. The minimum atomic E-state index is 0.337. The van der Waals surface area contributed by atoms with Gasteiger partial charge in [-0.05, 0) is 0 Å². The van der Waals surface area contributed by atoms with Crippen molar-refractivity contribution in [2.75, 3.05) is 0 Å². The number of hydrogen-bond donors (Lipinski definition) is 0. The first-order chi connectivity index (χ1) is 6.53. The van der Waals surface area contributed by atoms with Crippen LogP contribution < -0.4 is 0 Å². The Hall–Kier alpha value is 0.709. The third-order valence-electron chi connectivity index (χ3n) is 3.50. The van der Waals surface area contributed by atoms with Crippen molar-refractivity contribution in [1.82, 2.24) is 0 Å². The Labute approximate surface area is 100 Å². The van der Waals surface area contributed by atoms with Crippen LogP contribution >= 0.6 is 0 Å². The number of ketones is 1. The number of rotatable bonds is 3. The maximum absolute atomic E-state index is 11.7. The van der Waals surface area contributed by atoms with Gasteiger partial charge >= 0.3 is 100 Å². The van der Waals surface area contributed by atoms with Crippen molar-refractivity contribution in [2.24, 2.45) is 11.8 Å². The molecular formula is C11H20OSe2. The first-order valence-corrected chi connectivity index (χ1v) is 10.3. The fourth-order valence-electron chi connectivity index (χ4n) is 2.02. The summed E-state index contributed by atoms with van der Waals surface area (Å²) >= 11 is 1.38. The van der Waals surface area contributed by atoms with Crippen LogP contribution in [0.25, 0.3) is 0 Å². The number of carbonyl (C=O) groups excluding carboxylic acids is 1. The molecule has 0 aromatic carbocycles. The van der Waals surface area contributed by atoms with Crippen LogP contribution in [0.4, 0.5) is 0 Å². The van der Waals surface area contributed by atoms with E-state index in [4.69, 9.17) is 0 Å². The summed E-state index contributed by atoms with van der Waals surface area (Å²) in [6.45, 7) is 4.49. The summed E-state index contributed by atoms with van der Waals surface area (Å²) in [7, 11) is 0. The molecular weight excluding hydrogens is 306 g/mol. The first kappa shape index (κ1) is 12.8. The Morgan fingerprint density at radius 3 is 2.29 bits per heavy atom. The van der Waals surface area contributed by atoms with Crippen molar-refractivity contribution in [2.45, 2.75) is 48.0 Å². The van der Waals surface area contributed by atoms with Gasteiger partial charge in [-0.3, -0.25) is 0 Å². The second-order valence-corrected chi connectivity index (χ2v) is 10.9. The molecule has 0 saturated heterocycles. The van der Waals surface area contributed by atoms with Gasteiger partial charge in [0.2, 0.25) is 0 Å². The van der Waals surface area contributed by atoms with Crippen LogP contribution in [-0.2, 0) is 4.79 Å². The van der Waals surface area contributed by atoms with Crippen LogP contribution in [0.3, 0.4) is 0 Å². The van der Waals surface area contributed by atoms with E-state index in [1.807, 2.05) is 0 Å². The first-order valence-electron chi connectivity index (χ1n) is 5.16. The molecule has 2 atom stereocenters. The van der Waals surface area contributed by atoms with Crippen molar-refractivity contribution < 1.29 is 4.79 Å². The molecule has 0 amide bonds. The van der Waals surface area contributed by atoms with Crippen LogP contribution in [0.15, 0.2) is 0 Å². The number of carbonyl (C=O) groups is 1. The van der Waals surface area contributed by atoms with Crippen molar-refractivity contribution >= 4 is 35.7 Å². The topological polar surface area (TPSA) is 17.1 Å². The van der Waals surface area contributed by atoms with Crippen LogP contribution in [0, 0.1) is 11.8 Å². The van der Waals surface area contributed by atoms with E-state index in [2.05, 4.69) is 25.5 Å². The predicted molar refractivity (Wildman–Crippen MR) is 63.1 cm³/mol. The Bertz CT molecular complexity index is 211. The van der Waals surface area contributed by atoms with E-state index in [9.17, 15) is 4.79 Å². The zero-order valence-electron chi connectivity index (χ0n) is 9.50. The van der Waals surface area contributed by atoms with Gasteiger partial charge in [0.1, 0.15) is 0 Å². The molecule has 1 aliphatic rings. The molecule has 14 heavy (non-hydrogen) atoms. The summed E-state index contributed by atoms with van der Waals surface area (Å²) in [5, 5.41) is 0. The SMILES string of the molecule is C[Se]C(C)([Se]C)[C@H]1CC[C@@H](C)C(=O)C1. The van der Waals surface area contributed by atoms with Gasteiger partial charge in [0, 0.05) is 0 Å². The van der Waals surface area contributed by atoms with Crippen LogP contribution in [0.5, 0.6) is 0 Å². The molecule has 0 heterocycles. The third-order valence-corrected chi connectivity index (χ3v) is 11.9. The molecule has 0 aliphatic heterocycles. The monoisotopic (exact) mass is 328 g/mol. The number of Topliss-reactive ketones (excluding diaryl/α,β-unsaturated/α-hetero) is 1. The molecule has 1 aliphatic carbocycles. The average Bonchev–Trinajstić information content (AvgIpc) is 2.21. The summed E-state index contributed by atoms with van der Waals surface area (Å²) in [5.41, 5.74) is 0. The van der Waals surface area contributed by atoms with Gasteiger partial charge in [0.25, 0.3) is 0 Å². The van der Waals surface area contributed by atoms with E-state index in [1.165, 1.54) is 6.42 Å². The molecule has 0 aromatic heterocycles. The van der Waals surface area contributed by atoms with E-state index in [0.717, 1.165) is 12.8 Å². The molecule has 1 rings (SSSR count). The summed E-state index contributed by atoms with van der Waals surface area (Å²) in [4.78, 5) is 11.7. The molecule has 0 radical (unpaired) electrons. The summed E-state index contributed by atoms with van der Waals surface area (Å²) in [6, 6.07) is 0. The van der Waals surface area contributed by atoms with Crippen molar-refractivity contribution in [1.29, 1.82) is 0 Å². The molecule has 82 valence electrons. The van der Waals surface area contributed by atoms with Crippen LogP contribution in [0.1, 0.15) is 33.1 Å². The van der Waals surface area contributed by atoms with Crippen molar-refractivity contribution in [3.63, 3.8) is 0 Å². The molecule has 0 N–H and O–H groups in total. The Balaban J connectivity index is 2.66. The molecule has 1 nitrogen and oxygen atoms in total. The van der Waals surface area contributed by atoms with Gasteiger partial charge in [-0.1, -0.05) is 0 Å². The second-order valence-electron chi connectivity index (χ2n) is 4.27. The fraction of sp³-hybridized carbons (Fsp3) is 0.909. The van der Waals surface area contributed by atoms with Crippen molar-refractivity contribution in [3.8, 4) is 0 Å². The molecule has 0 unspecified atom stereocenters. The van der Waals surface area contributed by atoms with Gasteiger partial charge in [0.05, 0.1) is 0 Å². The standard InChI is InChI=1S/C11H20OSe2/c1-8-5-6-9(7-10(8)12)11(2,13-3)14-4/h8-9H,5-7H2,1-4H3/t8-,9+/m1/s1. The van der Waals surface area contributed by atoms with Crippen LogP contribution in [-0.4, -0.2) is 35.7 Å². The predicted octanol–water partition coefficient (Wildman–Crippen LogP) is 2.63. The van der Waals surface area contributed by atoms with E-state index in [0.29, 0.717) is 50.7 Å². The van der Waals surface area contributed by atoms with E-state index >= 15 is 0 Å². The minimum absolute atomic E-state index is 0.337. The van der Waals surface area contributed by atoms with Gasteiger partial charge in [-0.15, -0.1) is 0 Å². The fourth-order valence-corrected chi connectivity index (χ4v) is 6.43. The molecule has 1 saturated carbocycles. The van der Waals surface area contributed by atoms with E-state index in [1.54, 1.807) is 0 Å². The molecule has 0 aromatic rings. The average molecular weight is 326 g/mol. The van der Waals surface area contributed by atoms with Gasteiger partial charge in [-0.2, -0.15) is 0 Å². The molecule has 1 fully saturated rings. The maximum atomic E-state index is 11.7. The van der Waals surface area contributed by atoms with Gasteiger partial charge in [0.15, 0.2) is 0 Å². The summed E-state index contributed by atoms with van der Waals surface area (Å²) in [6.07, 6.45) is 3.28. The Morgan fingerprint density at radius 1 is 1.29 bits per heavy atom.